The number of carbonyl (C=O) groups excluding carboxylic acids is 1. The number of hydrogen-bond acceptors (Lipinski definition) is 4. The number of rotatable bonds is 5. The summed E-state index contributed by atoms with van der Waals surface area (Å²) in [6.07, 6.45) is 1.43. The van der Waals surface area contributed by atoms with Gasteiger partial charge in [0, 0.05) is 5.56 Å². The summed E-state index contributed by atoms with van der Waals surface area (Å²) in [5.41, 5.74) is 1.85. The quantitative estimate of drug-likeness (QED) is 0.492. The SMILES string of the molecule is CCOc1cc(/C=C(\C#N)C(=O)c2cccc(C)c2)cc(Cl)c1O. The number of phenolic OH excluding ortho intramolecular Hbond substituents is 1. The Morgan fingerprint density at radius 1 is 1.38 bits per heavy atom. The molecule has 0 aliphatic rings. The highest BCUT2D eigenvalue weighted by atomic mass is 35.5. The number of ketones is 1. The van der Waals surface area contributed by atoms with Crippen molar-refractivity contribution in [1.82, 2.24) is 0 Å². The summed E-state index contributed by atoms with van der Waals surface area (Å²) in [6, 6.07) is 12.0. The first-order valence-corrected chi connectivity index (χ1v) is 7.72. The summed E-state index contributed by atoms with van der Waals surface area (Å²) in [5, 5.41) is 19.3. The predicted molar refractivity (Wildman–Crippen MR) is 93.4 cm³/mol. The molecule has 0 spiro atoms. The van der Waals surface area contributed by atoms with Crippen molar-refractivity contribution in [3.63, 3.8) is 0 Å². The molecule has 0 radical (unpaired) electrons. The molecule has 1 N–H and O–H groups in total. The number of hydrogen-bond donors (Lipinski definition) is 1. The van der Waals surface area contributed by atoms with Gasteiger partial charge in [-0.25, -0.2) is 0 Å². The van der Waals surface area contributed by atoms with Crippen LogP contribution in [-0.4, -0.2) is 17.5 Å². The second kappa shape index (κ2) is 7.67. The number of aromatic hydroxyl groups is 1. The molecule has 0 aliphatic heterocycles. The zero-order valence-electron chi connectivity index (χ0n) is 13.3. The normalized spacial score (nSPS) is 11.0. The van der Waals surface area contributed by atoms with Crippen molar-refractivity contribution in [2.24, 2.45) is 0 Å². The maximum atomic E-state index is 12.5. The Morgan fingerprint density at radius 2 is 2.12 bits per heavy atom. The van der Waals surface area contributed by atoms with Gasteiger partial charge in [0.05, 0.1) is 11.6 Å². The Bertz CT molecular complexity index is 850. The van der Waals surface area contributed by atoms with Crippen LogP contribution >= 0.6 is 11.6 Å². The minimum absolute atomic E-state index is 0.0233. The number of halogens is 1. The molecule has 0 saturated heterocycles. The van der Waals surface area contributed by atoms with Gasteiger partial charge in [-0.05, 0) is 43.7 Å². The highest BCUT2D eigenvalue weighted by Gasteiger charge is 2.14. The number of nitrogens with zero attached hydrogens (tertiary/aromatic N) is 1. The molecule has 0 bridgehead atoms. The molecule has 0 heterocycles. The number of ether oxygens (including phenoxy) is 1. The van der Waals surface area contributed by atoms with Gasteiger partial charge in [-0.15, -0.1) is 0 Å². The van der Waals surface area contributed by atoms with Crippen LogP contribution in [0.3, 0.4) is 0 Å². The van der Waals surface area contributed by atoms with Crippen LogP contribution in [0.2, 0.25) is 5.02 Å². The van der Waals surface area contributed by atoms with Crippen molar-refractivity contribution >= 4 is 23.5 Å². The molecule has 0 fully saturated rings. The molecule has 5 heteroatoms. The molecular formula is C19H16ClNO3. The van der Waals surface area contributed by atoms with Crippen molar-refractivity contribution < 1.29 is 14.6 Å². The predicted octanol–water partition coefficient (Wildman–Crippen LogP) is 4.54. The lowest BCUT2D eigenvalue weighted by molar-refractivity contribution is 0.104. The van der Waals surface area contributed by atoms with E-state index < -0.39 is 0 Å². The number of carbonyl (C=O) groups is 1. The van der Waals surface area contributed by atoms with Crippen molar-refractivity contribution in [2.45, 2.75) is 13.8 Å². The summed E-state index contributed by atoms with van der Waals surface area (Å²) in [4.78, 5) is 12.5. The lowest BCUT2D eigenvalue weighted by atomic mass is 10.0. The van der Waals surface area contributed by atoms with Gasteiger partial charge in [-0.1, -0.05) is 35.4 Å². The largest absolute Gasteiger partial charge is 0.503 e. The van der Waals surface area contributed by atoms with E-state index >= 15 is 0 Å². The van der Waals surface area contributed by atoms with Gasteiger partial charge in [0.15, 0.2) is 11.5 Å². The number of allylic oxidation sites excluding steroid dienone is 1. The van der Waals surface area contributed by atoms with Crippen LogP contribution in [0.5, 0.6) is 11.5 Å². The molecule has 122 valence electrons. The fourth-order valence-electron chi connectivity index (χ4n) is 2.20. The van der Waals surface area contributed by atoms with Crippen LogP contribution in [0.15, 0.2) is 42.0 Å². The number of aryl methyl sites for hydroxylation is 1. The third-order valence-corrected chi connectivity index (χ3v) is 3.60. The third kappa shape index (κ3) is 3.95. The summed E-state index contributed by atoms with van der Waals surface area (Å²) >= 11 is 5.97. The molecule has 0 atom stereocenters. The van der Waals surface area contributed by atoms with Crippen LogP contribution in [0, 0.1) is 18.3 Å². The number of benzene rings is 2. The zero-order valence-corrected chi connectivity index (χ0v) is 14.1. The monoisotopic (exact) mass is 341 g/mol. The number of nitriles is 1. The Labute approximate surface area is 145 Å². The smallest absolute Gasteiger partial charge is 0.203 e. The fraction of sp³-hybridized carbons (Fsp3) is 0.158. The van der Waals surface area contributed by atoms with E-state index in [9.17, 15) is 15.2 Å². The molecule has 2 aromatic carbocycles. The second-order valence-corrected chi connectivity index (χ2v) is 5.56. The molecule has 0 aromatic heterocycles. The van der Waals surface area contributed by atoms with E-state index in [-0.39, 0.29) is 27.9 Å². The van der Waals surface area contributed by atoms with Crippen LogP contribution in [0.4, 0.5) is 0 Å². The van der Waals surface area contributed by atoms with Gasteiger partial charge in [-0.2, -0.15) is 5.26 Å². The van der Waals surface area contributed by atoms with Crippen LogP contribution in [-0.2, 0) is 0 Å². The van der Waals surface area contributed by atoms with Crippen LogP contribution in [0.1, 0.15) is 28.4 Å². The first-order valence-electron chi connectivity index (χ1n) is 7.34. The lowest BCUT2D eigenvalue weighted by Gasteiger charge is -2.08. The van der Waals surface area contributed by atoms with Crippen LogP contribution < -0.4 is 4.74 Å². The summed E-state index contributed by atoms with van der Waals surface area (Å²) in [7, 11) is 0. The third-order valence-electron chi connectivity index (χ3n) is 3.31. The molecular weight excluding hydrogens is 326 g/mol. The summed E-state index contributed by atoms with van der Waals surface area (Å²) < 4.78 is 5.30. The van der Waals surface area contributed by atoms with Crippen molar-refractivity contribution in [2.75, 3.05) is 6.61 Å². The Kier molecular flexibility index (Phi) is 5.62. The minimum Gasteiger partial charge on any atom is -0.503 e. The zero-order chi connectivity index (χ0) is 17.7. The molecule has 4 nitrogen and oxygen atoms in total. The van der Waals surface area contributed by atoms with E-state index in [2.05, 4.69) is 0 Å². The molecule has 24 heavy (non-hydrogen) atoms. The first-order chi connectivity index (χ1) is 11.5. The molecule has 0 amide bonds. The van der Waals surface area contributed by atoms with Crippen LogP contribution in [0.25, 0.3) is 6.08 Å². The van der Waals surface area contributed by atoms with Gasteiger partial charge in [-0.3, -0.25) is 4.79 Å². The molecule has 0 unspecified atom stereocenters. The van der Waals surface area contributed by atoms with Crippen molar-refractivity contribution in [3.05, 3.63) is 63.7 Å². The van der Waals surface area contributed by atoms with E-state index in [1.165, 1.54) is 18.2 Å². The standard InChI is InChI=1S/C19H16ClNO3/c1-3-24-17-10-13(9-16(20)19(17)23)8-15(11-21)18(22)14-6-4-5-12(2)7-14/h4-10,23H,3H2,1-2H3/b15-8+. The maximum absolute atomic E-state index is 12.5. The Balaban J connectivity index is 2.44. The molecule has 0 aliphatic carbocycles. The van der Waals surface area contributed by atoms with Gasteiger partial charge in [0.2, 0.25) is 5.78 Å². The molecule has 2 aromatic rings. The highest BCUT2D eigenvalue weighted by molar-refractivity contribution is 6.32. The molecule has 2 rings (SSSR count). The Morgan fingerprint density at radius 3 is 2.75 bits per heavy atom. The van der Waals surface area contributed by atoms with Gasteiger partial charge >= 0.3 is 0 Å². The van der Waals surface area contributed by atoms with Crippen molar-refractivity contribution in [3.8, 4) is 17.6 Å². The van der Waals surface area contributed by atoms with E-state index in [4.69, 9.17) is 16.3 Å². The van der Waals surface area contributed by atoms with Crippen molar-refractivity contribution in [1.29, 1.82) is 5.26 Å². The van der Waals surface area contributed by atoms with Gasteiger partial charge in [0.1, 0.15) is 11.6 Å². The average Bonchev–Trinajstić information content (AvgIpc) is 2.56. The van der Waals surface area contributed by atoms with E-state index in [0.717, 1.165) is 5.56 Å². The topological polar surface area (TPSA) is 70.3 Å². The van der Waals surface area contributed by atoms with E-state index in [0.29, 0.717) is 17.7 Å². The first kappa shape index (κ1) is 17.6. The van der Waals surface area contributed by atoms with E-state index in [1.54, 1.807) is 25.1 Å². The lowest BCUT2D eigenvalue weighted by Crippen LogP contribution is -2.02. The summed E-state index contributed by atoms with van der Waals surface area (Å²) in [5.74, 6) is -0.334. The summed E-state index contributed by atoms with van der Waals surface area (Å²) in [6.45, 7) is 4.00. The van der Waals surface area contributed by atoms with Gasteiger partial charge < -0.3 is 9.84 Å². The number of Topliss-reactive ketones (excluding diaryl/α,β-unsaturated/α-hetero) is 1. The minimum atomic E-state index is -0.372. The highest BCUT2D eigenvalue weighted by Crippen LogP contribution is 2.36. The second-order valence-electron chi connectivity index (χ2n) is 5.15. The van der Waals surface area contributed by atoms with E-state index in [1.807, 2.05) is 19.1 Å². The maximum Gasteiger partial charge on any atom is 0.203 e. The average molecular weight is 342 g/mol. The van der Waals surface area contributed by atoms with Gasteiger partial charge in [0.25, 0.3) is 0 Å². The molecule has 0 saturated carbocycles. The fourth-order valence-corrected chi connectivity index (χ4v) is 2.42. The number of phenols is 1. The Hall–Kier alpha value is -2.77.